The van der Waals surface area contributed by atoms with Gasteiger partial charge in [-0.15, -0.1) is 0 Å². The molecule has 2 aromatic carbocycles. The molecule has 0 aromatic heterocycles. The van der Waals surface area contributed by atoms with Gasteiger partial charge in [0.05, 0.1) is 6.42 Å². The van der Waals surface area contributed by atoms with E-state index < -0.39 is 12.0 Å². The second kappa shape index (κ2) is 5.82. The predicted octanol–water partition coefficient (Wildman–Crippen LogP) is 1.90. The number of aliphatic carboxylic acids is 1. The van der Waals surface area contributed by atoms with Crippen LogP contribution in [-0.2, 0) is 4.79 Å². The van der Waals surface area contributed by atoms with Gasteiger partial charge in [-0.2, -0.15) is 0 Å². The third-order valence-corrected chi connectivity index (χ3v) is 3.31. The first-order valence-corrected chi connectivity index (χ1v) is 6.25. The normalized spacial score (nSPS) is 14.2. The Morgan fingerprint density at radius 2 is 1.95 bits per heavy atom. The molecule has 2 rings (SSSR count). The number of rotatable bonds is 5. The zero-order valence-electron chi connectivity index (χ0n) is 10.8. The summed E-state index contributed by atoms with van der Waals surface area (Å²) in [6.07, 6.45) is -0.0608. The predicted molar refractivity (Wildman–Crippen MR) is 76.0 cm³/mol. The van der Waals surface area contributed by atoms with E-state index in [0.717, 1.165) is 16.3 Å². The molecule has 0 saturated carbocycles. The first kappa shape index (κ1) is 13.5. The van der Waals surface area contributed by atoms with E-state index in [0.29, 0.717) is 0 Å². The molecule has 0 amide bonds. The highest BCUT2D eigenvalue weighted by Gasteiger charge is 2.22. The van der Waals surface area contributed by atoms with Gasteiger partial charge >= 0.3 is 5.97 Å². The lowest BCUT2D eigenvalue weighted by atomic mass is 9.93. The summed E-state index contributed by atoms with van der Waals surface area (Å²) >= 11 is 0. The number of carboxylic acids is 1. The van der Waals surface area contributed by atoms with Gasteiger partial charge in [0.15, 0.2) is 0 Å². The van der Waals surface area contributed by atoms with Crippen molar-refractivity contribution < 1.29 is 9.90 Å². The van der Waals surface area contributed by atoms with Gasteiger partial charge in [0.1, 0.15) is 0 Å². The first-order valence-electron chi connectivity index (χ1n) is 6.25. The number of fused-ring (bicyclic) bond motifs is 1. The molecule has 2 unspecified atom stereocenters. The fourth-order valence-corrected chi connectivity index (χ4v) is 2.44. The van der Waals surface area contributed by atoms with Crippen LogP contribution >= 0.6 is 0 Å². The Hall–Kier alpha value is -1.91. The molecule has 2 atom stereocenters. The maximum atomic E-state index is 10.8. The molecule has 0 aliphatic carbocycles. The van der Waals surface area contributed by atoms with Crippen LogP contribution in [0.2, 0.25) is 0 Å². The van der Waals surface area contributed by atoms with Crippen LogP contribution in [0.5, 0.6) is 0 Å². The van der Waals surface area contributed by atoms with Crippen LogP contribution in [0.25, 0.3) is 10.8 Å². The van der Waals surface area contributed by atoms with E-state index in [1.54, 1.807) is 7.05 Å². The number of nitrogens with two attached hydrogens (primary N) is 1. The number of carboxylic acid groups (broad SMARTS) is 1. The molecule has 0 fully saturated rings. The fourth-order valence-electron chi connectivity index (χ4n) is 2.44. The van der Waals surface area contributed by atoms with Crippen molar-refractivity contribution in [1.29, 1.82) is 0 Å². The van der Waals surface area contributed by atoms with Gasteiger partial charge in [-0.25, -0.2) is 0 Å². The summed E-state index contributed by atoms with van der Waals surface area (Å²) in [5, 5.41) is 14.2. The number of hydrogen-bond acceptors (Lipinski definition) is 3. The van der Waals surface area contributed by atoms with Gasteiger partial charge in [0.25, 0.3) is 0 Å². The van der Waals surface area contributed by atoms with E-state index in [2.05, 4.69) is 5.32 Å². The largest absolute Gasteiger partial charge is 0.481 e. The second-order valence-electron chi connectivity index (χ2n) is 4.60. The van der Waals surface area contributed by atoms with Crippen LogP contribution in [0.4, 0.5) is 0 Å². The van der Waals surface area contributed by atoms with Gasteiger partial charge in [-0.1, -0.05) is 42.5 Å². The molecule has 100 valence electrons. The third-order valence-electron chi connectivity index (χ3n) is 3.31. The molecule has 0 saturated heterocycles. The van der Waals surface area contributed by atoms with Crippen molar-refractivity contribution in [2.24, 2.45) is 5.73 Å². The van der Waals surface area contributed by atoms with E-state index in [4.69, 9.17) is 10.8 Å². The zero-order chi connectivity index (χ0) is 13.8. The number of hydrogen-bond donors (Lipinski definition) is 3. The lowest BCUT2D eigenvalue weighted by Crippen LogP contribution is -2.38. The van der Waals surface area contributed by atoms with Crippen molar-refractivity contribution in [2.45, 2.75) is 18.5 Å². The summed E-state index contributed by atoms with van der Waals surface area (Å²) in [4.78, 5) is 10.8. The number of benzene rings is 2. The maximum absolute atomic E-state index is 10.8. The topological polar surface area (TPSA) is 75.3 Å². The molecule has 0 aliphatic rings. The molecular formula is C15H18N2O2. The summed E-state index contributed by atoms with van der Waals surface area (Å²) in [6.45, 7) is 0. The maximum Gasteiger partial charge on any atom is 0.304 e. The average Bonchev–Trinajstić information content (AvgIpc) is 2.39. The minimum Gasteiger partial charge on any atom is -0.481 e. The quantitative estimate of drug-likeness (QED) is 0.765. The smallest absolute Gasteiger partial charge is 0.304 e. The van der Waals surface area contributed by atoms with Crippen molar-refractivity contribution >= 4 is 16.7 Å². The number of likely N-dealkylation sites (N-methyl/N-ethyl adjacent to an activating group) is 1. The summed E-state index contributed by atoms with van der Waals surface area (Å²) in [7, 11) is 1.80. The van der Waals surface area contributed by atoms with Crippen LogP contribution in [0.15, 0.2) is 42.5 Å². The van der Waals surface area contributed by atoms with Crippen molar-refractivity contribution in [3.8, 4) is 0 Å². The standard InChI is InChI=1S/C15H18N2O2/c1-17-15(13(16)9-14(18)19)12-8-4-6-10-5-2-3-7-11(10)12/h2-8,13,15,17H,9,16H2,1H3,(H,18,19). The van der Waals surface area contributed by atoms with Crippen LogP contribution < -0.4 is 11.1 Å². The van der Waals surface area contributed by atoms with Crippen LogP contribution in [0, 0.1) is 0 Å². The molecule has 0 radical (unpaired) electrons. The van der Waals surface area contributed by atoms with Gasteiger partial charge in [-0.05, 0) is 23.4 Å². The SMILES string of the molecule is CNC(c1cccc2ccccc12)C(N)CC(=O)O. The van der Waals surface area contributed by atoms with Gasteiger partial charge < -0.3 is 16.2 Å². The molecule has 19 heavy (non-hydrogen) atoms. The second-order valence-corrected chi connectivity index (χ2v) is 4.60. The van der Waals surface area contributed by atoms with Crippen LogP contribution in [0.1, 0.15) is 18.0 Å². The molecular weight excluding hydrogens is 240 g/mol. The zero-order valence-corrected chi connectivity index (χ0v) is 10.8. The monoisotopic (exact) mass is 258 g/mol. The fraction of sp³-hybridized carbons (Fsp3) is 0.267. The minimum absolute atomic E-state index is 0.0608. The van der Waals surface area contributed by atoms with E-state index in [1.807, 2.05) is 42.5 Å². The van der Waals surface area contributed by atoms with Gasteiger partial charge in [-0.3, -0.25) is 4.79 Å². The molecule has 0 heterocycles. The molecule has 0 aliphatic heterocycles. The minimum atomic E-state index is -0.881. The van der Waals surface area contributed by atoms with E-state index in [-0.39, 0.29) is 12.5 Å². The lowest BCUT2D eigenvalue weighted by Gasteiger charge is -2.24. The average molecular weight is 258 g/mol. The summed E-state index contributed by atoms with van der Waals surface area (Å²) < 4.78 is 0. The Morgan fingerprint density at radius 3 is 2.63 bits per heavy atom. The van der Waals surface area contributed by atoms with E-state index in [1.165, 1.54) is 0 Å². The Bertz CT molecular complexity index is 578. The van der Waals surface area contributed by atoms with E-state index in [9.17, 15) is 4.79 Å². The lowest BCUT2D eigenvalue weighted by molar-refractivity contribution is -0.137. The van der Waals surface area contributed by atoms with Crippen molar-refractivity contribution in [1.82, 2.24) is 5.32 Å². The molecule has 4 nitrogen and oxygen atoms in total. The highest BCUT2D eigenvalue weighted by molar-refractivity contribution is 5.86. The van der Waals surface area contributed by atoms with Gasteiger partial charge in [0.2, 0.25) is 0 Å². The van der Waals surface area contributed by atoms with Crippen molar-refractivity contribution in [3.63, 3.8) is 0 Å². The first-order chi connectivity index (χ1) is 9.13. The summed E-state index contributed by atoms with van der Waals surface area (Å²) in [5.41, 5.74) is 7.05. The summed E-state index contributed by atoms with van der Waals surface area (Å²) in [6, 6.07) is 13.4. The van der Waals surface area contributed by atoms with Crippen molar-refractivity contribution in [2.75, 3.05) is 7.05 Å². The van der Waals surface area contributed by atoms with Crippen molar-refractivity contribution in [3.05, 3.63) is 48.0 Å². The van der Waals surface area contributed by atoms with E-state index >= 15 is 0 Å². The molecule has 0 bridgehead atoms. The highest BCUT2D eigenvalue weighted by Crippen LogP contribution is 2.26. The Labute approximate surface area is 112 Å². The molecule has 0 spiro atoms. The van der Waals surface area contributed by atoms with Crippen LogP contribution in [0.3, 0.4) is 0 Å². The third kappa shape index (κ3) is 2.92. The molecule has 4 heteroatoms. The molecule has 4 N–H and O–H groups in total. The van der Waals surface area contributed by atoms with Gasteiger partial charge in [0, 0.05) is 12.1 Å². The molecule has 2 aromatic rings. The number of nitrogens with one attached hydrogen (secondary N) is 1. The Morgan fingerprint density at radius 1 is 1.26 bits per heavy atom. The summed E-state index contributed by atoms with van der Waals surface area (Å²) in [5.74, 6) is -0.881. The Kier molecular flexibility index (Phi) is 4.14. The highest BCUT2D eigenvalue weighted by atomic mass is 16.4. The Balaban J connectivity index is 2.43. The number of carbonyl (C=O) groups is 1. The van der Waals surface area contributed by atoms with Crippen LogP contribution in [-0.4, -0.2) is 24.2 Å².